The molecule has 0 saturated carbocycles. The number of thioether (sulfide) groups is 1. The highest BCUT2D eigenvalue weighted by Crippen LogP contribution is 2.07. The first-order chi connectivity index (χ1) is 10.9. The molecule has 0 unspecified atom stereocenters. The van der Waals surface area contributed by atoms with Gasteiger partial charge in [0.2, 0.25) is 5.91 Å². The van der Waals surface area contributed by atoms with Crippen LogP contribution >= 0.6 is 11.8 Å². The number of aromatic nitrogens is 3. The number of aryl methyl sites for hydroxylation is 1. The first-order valence-electron chi connectivity index (χ1n) is 6.52. The molecule has 0 atom stereocenters. The zero-order chi connectivity index (χ0) is 17.4. The van der Waals surface area contributed by atoms with E-state index < -0.39 is 23.1 Å². The van der Waals surface area contributed by atoms with E-state index in [0.29, 0.717) is 0 Å². The average molecular weight is 339 g/mol. The molecule has 1 aromatic rings. The van der Waals surface area contributed by atoms with Gasteiger partial charge in [0.15, 0.2) is 5.03 Å². The monoisotopic (exact) mass is 339 g/mol. The predicted octanol–water partition coefficient (Wildman–Crippen LogP) is -1.15. The summed E-state index contributed by atoms with van der Waals surface area (Å²) in [5.41, 5.74) is 3.26. The Morgan fingerprint density at radius 3 is 2.57 bits per heavy atom. The van der Waals surface area contributed by atoms with Crippen LogP contribution in [-0.2, 0) is 23.7 Å². The fourth-order valence-corrected chi connectivity index (χ4v) is 2.14. The van der Waals surface area contributed by atoms with E-state index in [-0.39, 0.29) is 10.8 Å². The van der Waals surface area contributed by atoms with E-state index in [0.717, 1.165) is 21.0 Å². The lowest BCUT2D eigenvalue weighted by Crippen LogP contribution is -2.42. The molecule has 0 aliphatic carbocycles. The molecular formula is C13H17N5O4S. The van der Waals surface area contributed by atoms with E-state index in [1.54, 1.807) is 19.1 Å². The van der Waals surface area contributed by atoms with Crippen LogP contribution in [0.5, 0.6) is 0 Å². The van der Waals surface area contributed by atoms with Crippen molar-refractivity contribution in [3.05, 3.63) is 45.1 Å². The number of hydrazine groups is 1. The molecule has 0 aliphatic heterocycles. The van der Waals surface area contributed by atoms with Crippen molar-refractivity contribution in [1.82, 2.24) is 25.2 Å². The number of amides is 2. The summed E-state index contributed by atoms with van der Waals surface area (Å²) in [6.07, 6.45) is 6.18. The van der Waals surface area contributed by atoms with Crippen LogP contribution in [0.2, 0.25) is 0 Å². The molecule has 124 valence electrons. The van der Waals surface area contributed by atoms with Crippen LogP contribution in [0, 0.1) is 0 Å². The average Bonchev–Trinajstić information content (AvgIpc) is 2.53. The number of rotatable bonds is 5. The van der Waals surface area contributed by atoms with Gasteiger partial charge < -0.3 is 0 Å². The van der Waals surface area contributed by atoms with Gasteiger partial charge in [0.1, 0.15) is 0 Å². The smallest absolute Gasteiger partial charge is 0.272 e. The third-order valence-electron chi connectivity index (χ3n) is 2.51. The molecule has 9 nitrogen and oxygen atoms in total. The Morgan fingerprint density at radius 2 is 1.91 bits per heavy atom. The summed E-state index contributed by atoms with van der Waals surface area (Å²) < 4.78 is 1.91. The van der Waals surface area contributed by atoms with Crippen molar-refractivity contribution in [2.24, 2.45) is 14.1 Å². The van der Waals surface area contributed by atoms with Crippen LogP contribution in [0.4, 0.5) is 0 Å². The quantitative estimate of drug-likeness (QED) is 0.303. The van der Waals surface area contributed by atoms with Crippen molar-refractivity contribution in [3.63, 3.8) is 0 Å². The summed E-state index contributed by atoms with van der Waals surface area (Å²) in [6.45, 7) is 1.80. The summed E-state index contributed by atoms with van der Waals surface area (Å²) >= 11 is 0.869. The molecule has 0 saturated heterocycles. The topological polar surface area (TPSA) is 115 Å². The zero-order valence-corrected chi connectivity index (χ0v) is 13.7. The summed E-state index contributed by atoms with van der Waals surface area (Å²) in [5.74, 6) is -1.14. The number of carbonyl (C=O) groups is 2. The van der Waals surface area contributed by atoms with Gasteiger partial charge in [-0.3, -0.25) is 29.8 Å². The fourth-order valence-electron chi connectivity index (χ4n) is 1.36. The van der Waals surface area contributed by atoms with E-state index >= 15 is 0 Å². The Morgan fingerprint density at radius 1 is 1.22 bits per heavy atom. The fraction of sp³-hybridized carbons (Fsp3) is 0.308. The van der Waals surface area contributed by atoms with Crippen LogP contribution < -0.4 is 22.1 Å². The minimum atomic E-state index is -0.579. The maximum atomic E-state index is 11.8. The summed E-state index contributed by atoms with van der Waals surface area (Å²) in [6, 6.07) is 0. The Balaban J connectivity index is 2.56. The molecule has 0 fully saturated rings. The van der Waals surface area contributed by atoms with E-state index in [1.807, 2.05) is 0 Å². The second-order valence-corrected chi connectivity index (χ2v) is 5.25. The molecule has 1 rings (SSSR count). The number of nitrogens with one attached hydrogen (secondary N) is 2. The maximum absolute atomic E-state index is 11.8. The van der Waals surface area contributed by atoms with Crippen molar-refractivity contribution in [1.29, 1.82) is 0 Å². The van der Waals surface area contributed by atoms with Gasteiger partial charge in [-0.2, -0.15) is 5.10 Å². The Labute approximate surface area is 136 Å². The van der Waals surface area contributed by atoms with Crippen molar-refractivity contribution in [2.75, 3.05) is 5.75 Å². The molecule has 0 spiro atoms. The first-order valence-corrected chi connectivity index (χ1v) is 7.50. The number of nitrogens with zero attached hydrogens (tertiary/aromatic N) is 3. The van der Waals surface area contributed by atoms with Crippen LogP contribution in [0.3, 0.4) is 0 Å². The molecular weight excluding hydrogens is 322 g/mol. The minimum Gasteiger partial charge on any atom is -0.272 e. The largest absolute Gasteiger partial charge is 0.346 e. The molecule has 2 N–H and O–H groups in total. The van der Waals surface area contributed by atoms with Crippen molar-refractivity contribution < 1.29 is 9.59 Å². The lowest BCUT2D eigenvalue weighted by Gasteiger charge is -2.06. The number of allylic oxidation sites excluding steroid dienone is 3. The molecule has 1 heterocycles. The van der Waals surface area contributed by atoms with Crippen LogP contribution in [0.25, 0.3) is 0 Å². The SMILES string of the molecule is C/C=C/C=C/C(=O)NNC(=O)CSc1nn(C)c(=O)n(C)c1=O. The van der Waals surface area contributed by atoms with Gasteiger partial charge in [-0.1, -0.05) is 30.0 Å². The molecule has 1 aromatic heterocycles. The van der Waals surface area contributed by atoms with Crippen molar-refractivity contribution in [2.45, 2.75) is 11.9 Å². The van der Waals surface area contributed by atoms with E-state index in [1.165, 1.54) is 26.2 Å². The highest BCUT2D eigenvalue weighted by molar-refractivity contribution is 7.99. The summed E-state index contributed by atoms with van der Waals surface area (Å²) in [5, 5.41) is 3.82. The lowest BCUT2D eigenvalue weighted by molar-refractivity contribution is -0.125. The van der Waals surface area contributed by atoms with Gasteiger partial charge in [-0.15, -0.1) is 0 Å². The second-order valence-electron chi connectivity index (χ2n) is 4.29. The first kappa shape index (κ1) is 18.4. The minimum absolute atomic E-state index is 0.0176. The molecule has 0 aliphatic rings. The van der Waals surface area contributed by atoms with Crippen LogP contribution in [0.15, 0.2) is 38.9 Å². The highest BCUT2D eigenvalue weighted by atomic mass is 32.2. The third kappa shape index (κ3) is 5.58. The molecule has 23 heavy (non-hydrogen) atoms. The normalized spacial score (nSPS) is 11.1. The highest BCUT2D eigenvalue weighted by Gasteiger charge is 2.11. The van der Waals surface area contributed by atoms with Gasteiger partial charge in [0.05, 0.1) is 5.75 Å². The number of carbonyl (C=O) groups excluding carboxylic acids is 2. The van der Waals surface area contributed by atoms with Gasteiger partial charge in [-0.25, -0.2) is 9.48 Å². The Bertz CT molecular complexity index is 763. The number of hydrogen-bond donors (Lipinski definition) is 2. The second kappa shape index (κ2) is 8.73. The summed E-state index contributed by atoms with van der Waals surface area (Å²) in [7, 11) is 2.73. The Kier molecular flexibility index (Phi) is 7.00. The Hall–Kier alpha value is -2.62. The predicted molar refractivity (Wildman–Crippen MR) is 85.7 cm³/mol. The van der Waals surface area contributed by atoms with Crippen LogP contribution in [0.1, 0.15) is 6.92 Å². The van der Waals surface area contributed by atoms with E-state index in [2.05, 4.69) is 16.0 Å². The van der Waals surface area contributed by atoms with E-state index in [4.69, 9.17) is 0 Å². The van der Waals surface area contributed by atoms with Crippen LogP contribution in [-0.4, -0.2) is 31.9 Å². The third-order valence-corrected chi connectivity index (χ3v) is 3.44. The molecule has 0 radical (unpaired) electrons. The summed E-state index contributed by atoms with van der Waals surface area (Å²) in [4.78, 5) is 46.2. The molecule has 2 amide bonds. The van der Waals surface area contributed by atoms with Crippen molar-refractivity contribution in [3.8, 4) is 0 Å². The number of hydrogen-bond acceptors (Lipinski definition) is 6. The van der Waals surface area contributed by atoms with Gasteiger partial charge in [0, 0.05) is 20.2 Å². The standard InChI is InChI=1S/C13H17N5O4S/c1-4-5-6-7-9(19)14-15-10(20)8-23-11-12(21)17(2)13(22)18(3)16-11/h4-7H,8H2,1-3H3,(H,14,19)(H,15,20)/b5-4+,7-6+. The van der Waals surface area contributed by atoms with Gasteiger partial charge >= 0.3 is 5.69 Å². The maximum Gasteiger partial charge on any atom is 0.346 e. The van der Waals surface area contributed by atoms with Gasteiger partial charge in [0.25, 0.3) is 11.5 Å². The molecule has 0 bridgehead atoms. The molecule has 10 heteroatoms. The zero-order valence-electron chi connectivity index (χ0n) is 12.9. The van der Waals surface area contributed by atoms with Gasteiger partial charge in [-0.05, 0) is 6.92 Å². The van der Waals surface area contributed by atoms with E-state index in [9.17, 15) is 19.2 Å². The van der Waals surface area contributed by atoms with Crippen molar-refractivity contribution >= 4 is 23.6 Å². The lowest BCUT2D eigenvalue weighted by atomic mass is 10.4. The molecule has 0 aromatic carbocycles.